The van der Waals surface area contributed by atoms with Gasteiger partial charge in [0.15, 0.2) is 0 Å². The van der Waals surface area contributed by atoms with Crippen LogP contribution >= 0.6 is 11.6 Å². The zero-order valence-electron chi connectivity index (χ0n) is 13.4. The molecule has 0 amide bonds. The smallest absolute Gasteiger partial charge is 0.0850 e. The second kappa shape index (κ2) is 8.16. The number of halogens is 1. The molecule has 1 atom stereocenters. The highest BCUT2D eigenvalue weighted by atomic mass is 35.5. The third kappa shape index (κ3) is 4.21. The minimum Gasteiger partial charge on any atom is -0.271 e. The molecule has 21 heavy (non-hydrogen) atoms. The summed E-state index contributed by atoms with van der Waals surface area (Å²) >= 11 is 6.50. The van der Waals surface area contributed by atoms with Gasteiger partial charge in [0.05, 0.1) is 16.4 Å². The largest absolute Gasteiger partial charge is 0.271 e. The lowest BCUT2D eigenvalue weighted by atomic mass is 9.84. The van der Waals surface area contributed by atoms with E-state index in [9.17, 15) is 0 Å². The normalized spacial score (nSPS) is 18.1. The Morgan fingerprint density at radius 2 is 2.05 bits per heavy atom. The molecule has 0 aromatic carbocycles. The summed E-state index contributed by atoms with van der Waals surface area (Å²) in [5.41, 5.74) is 5.14. The standard InChI is InChI=1S/C16H29ClN4/c1-3-14-16(17)15(21(4-2)20-14)11-13(19-18)10-12-8-6-5-7-9-12/h12-13,19H,3-11,18H2,1-2H3. The molecule has 0 bridgehead atoms. The van der Waals surface area contributed by atoms with E-state index >= 15 is 0 Å². The Labute approximate surface area is 133 Å². The minimum atomic E-state index is 0.289. The summed E-state index contributed by atoms with van der Waals surface area (Å²) < 4.78 is 2.03. The number of nitrogens with zero attached hydrogens (tertiary/aromatic N) is 2. The quantitative estimate of drug-likeness (QED) is 0.599. The number of aromatic nitrogens is 2. The Morgan fingerprint density at radius 3 is 2.62 bits per heavy atom. The van der Waals surface area contributed by atoms with Crippen molar-refractivity contribution in [3.63, 3.8) is 0 Å². The van der Waals surface area contributed by atoms with Gasteiger partial charge in [-0.05, 0) is 25.7 Å². The number of rotatable bonds is 7. The highest BCUT2D eigenvalue weighted by Gasteiger charge is 2.22. The molecule has 4 nitrogen and oxygen atoms in total. The molecule has 5 heteroatoms. The second-order valence-corrected chi connectivity index (χ2v) is 6.56. The van der Waals surface area contributed by atoms with Crippen molar-refractivity contribution in [2.24, 2.45) is 11.8 Å². The van der Waals surface area contributed by atoms with E-state index in [1.807, 2.05) is 4.68 Å². The van der Waals surface area contributed by atoms with Crippen molar-refractivity contribution >= 4 is 11.6 Å². The average molecular weight is 313 g/mol. The van der Waals surface area contributed by atoms with E-state index < -0.39 is 0 Å². The van der Waals surface area contributed by atoms with Gasteiger partial charge in [-0.3, -0.25) is 16.0 Å². The Balaban J connectivity index is 2.05. The predicted octanol–water partition coefficient (Wildman–Crippen LogP) is 3.46. The van der Waals surface area contributed by atoms with Gasteiger partial charge in [0.25, 0.3) is 0 Å². The number of nitrogens with two attached hydrogens (primary N) is 1. The van der Waals surface area contributed by atoms with Crippen LogP contribution in [0.5, 0.6) is 0 Å². The molecule has 0 radical (unpaired) electrons. The first-order chi connectivity index (χ1) is 10.2. The summed E-state index contributed by atoms with van der Waals surface area (Å²) in [6.07, 6.45) is 9.72. The number of hydrogen-bond acceptors (Lipinski definition) is 3. The van der Waals surface area contributed by atoms with Gasteiger partial charge in [-0.25, -0.2) is 0 Å². The van der Waals surface area contributed by atoms with Crippen LogP contribution in [0.2, 0.25) is 5.02 Å². The van der Waals surface area contributed by atoms with Crippen LogP contribution in [0.1, 0.15) is 63.8 Å². The van der Waals surface area contributed by atoms with Crippen molar-refractivity contribution in [1.29, 1.82) is 0 Å². The summed E-state index contributed by atoms with van der Waals surface area (Å²) in [7, 11) is 0. The first kappa shape index (κ1) is 16.8. The minimum absolute atomic E-state index is 0.289. The van der Waals surface area contributed by atoms with Gasteiger partial charge in [-0.15, -0.1) is 0 Å². The van der Waals surface area contributed by atoms with E-state index in [4.69, 9.17) is 17.4 Å². The highest BCUT2D eigenvalue weighted by Crippen LogP contribution is 2.29. The maximum atomic E-state index is 6.50. The van der Waals surface area contributed by atoms with E-state index in [0.29, 0.717) is 0 Å². The first-order valence-corrected chi connectivity index (χ1v) is 8.77. The van der Waals surface area contributed by atoms with Crippen LogP contribution in [-0.2, 0) is 19.4 Å². The van der Waals surface area contributed by atoms with Crippen LogP contribution in [0.3, 0.4) is 0 Å². The van der Waals surface area contributed by atoms with Crippen LogP contribution in [0.4, 0.5) is 0 Å². The Morgan fingerprint density at radius 1 is 1.33 bits per heavy atom. The van der Waals surface area contributed by atoms with Crippen LogP contribution in [-0.4, -0.2) is 15.8 Å². The summed E-state index contributed by atoms with van der Waals surface area (Å²) in [5, 5.41) is 5.43. The molecular weight excluding hydrogens is 284 g/mol. The van der Waals surface area contributed by atoms with Crippen molar-refractivity contribution in [1.82, 2.24) is 15.2 Å². The predicted molar refractivity (Wildman–Crippen MR) is 88.3 cm³/mol. The molecule has 2 rings (SSSR count). The summed E-state index contributed by atoms with van der Waals surface area (Å²) in [6.45, 7) is 5.06. The zero-order chi connectivity index (χ0) is 15.2. The summed E-state index contributed by atoms with van der Waals surface area (Å²) in [4.78, 5) is 0. The van der Waals surface area contributed by atoms with Crippen molar-refractivity contribution in [3.8, 4) is 0 Å². The van der Waals surface area contributed by atoms with E-state index in [-0.39, 0.29) is 6.04 Å². The van der Waals surface area contributed by atoms with Crippen LogP contribution in [0, 0.1) is 5.92 Å². The van der Waals surface area contributed by atoms with Gasteiger partial charge in [0.1, 0.15) is 0 Å². The van der Waals surface area contributed by atoms with E-state index in [0.717, 1.165) is 48.1 Å². The van der Waals surface area contributed by atoms with Gasteiger partial charge in [-0.2, -0.15) is 5.10 Å². The monoisotopic (exact) mass is 312 g/mol. The second-order valence-electron chi connectivity index (χ2n) is 6.18. The fourth-order valence-electron chi connectivity index (χ4n) is 3.48. The van der Waals surface area contributed by atoms with E-state index in [1.165, 1.54) is 32.1 Å². The van der Waals surface area contributed by atoms with E-state index in [2.05, 4.69) is 24.4 Å². The molecule has 1 aromatic rings. The molecule has 1 aliphatic rings. The maximum absolute atomic E-state index is 6.50. The van der Waals surface area contributed by atoms with Crippen LogP contribution in [0.15, 0.2) is 0 Å². The zero-order valence-corrected chi connectivity index (χ0v) is 14.1. The molecule has 120 valence electrons. The average Bonchev–Trinajstić information content (AvgIpc) is 2.83. The fraction of sp³-hybridized carbons (Fsp3) is 0.812. The maximum Gasteiger partial charge on any atom is 0.0850 e. The summed E-state index contributed by atoms with van der Waals surface area (Å²) in [6, 6.07) is 0.289. The molecule has 1 saturated carbocycles. The van der Waals surface area contributed by atoms with Crippen LogP contribution in [0.25, 0.3) is 0 Å². The van der Waals surface area contributed by atoms with Gasteiger partial charge in [0, 0.05) is 19.0 Å². The third-order valence-corrected chi connectivity index (χ3v) is 5.15. The Bertz CT molecular complexity index is 438. The van der Waals surface area contributed by atoms with Crippen molar-refractivity contribution in [2.75, 3.05) is 0 Å². The SMILES string of the molecule is CCc1nn(CC)c(CC(CC2CCCCC2)NN)c1Cl. The lowest BCUT2D eigenvalue weighted by Crippen LogP contribution is -2.39. The molecule has 1 aromatic heterocycles. The first-order valence-electron chi connectivity index (χ1n) is 8.39. The molecule has 0 aliphatic heterocycles. The van der Waals surface area contributed by atoms with Crippen molar-refractivity contribution < 1.29 is 0 Å². The van der Waals surface area contributed by atoms with Gasteiger partial charge < -0.3 is 0 Å². The molecule has 0 saturated heterocycles. The Hall–Kier alpha value is -0.580. The van der Waals surface area contributed by atoms with Crippen LogP contribution < -0.4 is 11.3 Å². The van der Waals surface area contributed by atoms with Gasteiger partial charge in [-0.1, -0.05) is 50.6 Å². The molecule has 0 spiro atoms. The van der Waals surface area contributed by atoms with Crippen molar-refractivity contribution in [3.05, 3.63) is 16.4 Å². The lowest BCUT2D eigenvalue weighted by Gasteiger charge is -2.26. The number of hydrogen-bond donors (Lipinski definition) is 2. The molecule has 1 heterocycles. The molecular formula is C16H29ClN4. The molecule has 1 unspecified atom stereocenters. The van der Waals surface area contributed by atoms with E-state index in [1.54, 1.807) is 0 Å². The van der Waals surface area contributed by atoms with Crippen molar-refractivity contribution in [2.45, 2.75) is 77.8 Å². The highest BCUT2D eigenvalue weighted by molar-refractivity contribution is 6.31. The lowest BCUT2D eigenvalue weighted by molar-refractivity contribution is 0.296. The Kier molecular flexibility index (Phi) is 6.52. The van der Waals surface area contributed by atoms with Gasteiger partial charge >= 0.3 is 0 Å². The molecule has 1 fully saturated rings. The number of hydrazine groups is 1. The number of aryl methyl sites for hydroxylation is 2. The topological polar surface area (TPSA) is 55.9 Å². The van der Waals surface area contributed by atoms with Gasteiger partial charge in [0.2, 0.25) is 0 Å². The third-order valence-electron chi connectivity index (χ3n) is 4.71. The summed E-state index contributed by atoms with van der Waals surface area (Å²) in [5.74, 6) is 6.60. The molecule has 1 aliphatic carbocycles. The molecule has 3 N–H and O–H groups in total. The fourth-order valence-corrected chi connectivity index (χ4v) is 3.83. The number of nitrogens with one attached hydrogen (secondary N) is 1.